The van der Waals surface area contributed by atoms with Crippen molar-refractivity contribution in [2.45, 2.75) is 27.3 Å². The Bertz CT molecular complexity index is 935. The fourth-order valence-electron chi connectivity index (χ4n) is 2.66. The summed E-state index contributed by atoms with van der Waals surface area (Å²) in [4.78, 5) is 34.3. The Labute approximate surface area is 148 Å². The highest BCUT2D eigenvalue weighted by molar-refractivity contribution is 7.19. The molecule has 3 heterocycles. The molecule has 0 fully saturated rings. The van der Waals surface area contributed by atoms with E-state index in [4.69, 9.17) is 0 Å². The molecule has 7 heteroatoms. The van der Waals surface area contributed by atoms with Gasteiger partial charge in [0.1, 0.15) is 11.4 Å². The highest BCUT2D eigenvalue weighted by atomic mass is 32.1. The van der Waals surface area contributed by atoms with E-state index in [1.807, 2.05) is 38.3 Å². The van der Waals surface area contributed by atoms with Crippen molar-refractivity contribution in [3.05, 3.63) is 39.1 Å². The van der Waals surface area contributed by atoms with Crippen molar-refractivity contribution in [2.24, 2.45) is 0 Å². The van der Waals surface area contributed by atoms with Crippen LogP contribution in [0.2, 0.25) is 0 Å². The molecular formula is C17H19N3O2S2. The number of carbonyl (C=O) groups excluding carboxylic acids is 1. The van der Waals surface area contributed by atoms with Gasteiger partial charge >= 0.3 is 0 Å². The van der Waals surface area contributed by atoms with Gasteiger partial charge in [0, 0.05) is 33.8 Å². The van der Waals surface area contributed by atoms with E-state index in [-0.39, 0.29) is 18.0 Å². The Balaban J connectivity index is 2.04. The van der Waals surface area contributed by atoms with Crippen LogP contribution in [0.4, 0.5) is 0 Å². The monoisotopic (exact) mass is 361 g/mol. The number of carbonyl (C=O) groups is 1. The van der Waals surface area contributed by atoms with E-state index >= 15 is 0 Å². The van der Waals surface area contributed by atoms with E-state index in [2.05, 4.69) is 4.98 Å². The molecule has 0 radical (unpaired) electrons. The van der Waals surface area contributed by atoms with Crippen LogP contribution in [0.1, 0.15) is 18.7 Å². The Morgan fingerprint density at radius 3 is 2.67 bits per heavy atom. The number of hydrogen-bond acceptors (Lipinski definition) is 5. The number of rotatable bonds is 5. The number of nitrogens with zero attached hydrogens (tertiary/aromatic N) is 3. The summed E-state index contributed by atoms with van der Waals surface area (Å²) < 4.78 is 1.42. The standard InChI is InChI=1S/C17H19N3O2S2/c1-4-19(5-2)14(21)8-20-10-18-16-15(17(20)22)12(9-23-16)13-7-6-11(3)24-13/h6-7,9-10H,4-5,8H2,1-3H3. The lowest BCUT2D eigenvalue weighted by Gasteiger charge is -2.18. The van der Waals surface area contributed by atoms with E-state index in [9.17, 15) is 9.59 Å². The largest absolute Gasteiger partial charge is 0.342 e. The first kappa shape index (κ1) is 16.9. The third-order valence-electron chi connectivity index (χ3n) is 3.99. The Hall–Kier alpha value is -1.99. The number of fused-ring (bicyclic) bond motifs is 1. The molecule has 0 atom stereocenters. The summed E-state index contributed by atoms with van der Waals surface area (Å²) in [6.45, 7) is 7.21. The normalized spacial score (nSPS) is 11.1. The molecule has 0 saturated heterocycles. The SMILES string of the molecule is CCN(CC)C(=O)Cn1cnc2scc(-c3ccc(C)s3)c2c1=O. The summed E-state index contributed by atoms with van der Waals surface area (Å²) in [6.07, 6.45) is 1.48. The fraction of sp³-hybridized carbons (Fsp3) is 0.353. The van der Waals surface area contributed by atoms with Crippen molar-refractivity contribution in [1.29, 1.82) is 0 Å². The second kappa shape index (κ2) is 6.86. The molecule has 3 rings (SSSR count). The van der Waals surface area contributed by atoms with Crippen LogP contribution in [-0.4, -0.2) is 33.4 Å². The lowest BCUT2D eigenvalue weighted by atomic mass is 10.2. The van der Waals surface area contributed by atoms with Gasteiger partial charge in [0.2, 0.25) is 5.91 Å². The van der Waals surface area contributed by atoms with Crippen LogP contribution >= 0.6 is 22.7 Å². The van der Waals surface area contributed by atoms with Crippen LogP contribution in [0.25, 0.3) is 20.7 Å². The molecule has 126 valence electrons. The van der Waals surface area contributed by atoms with Gasteiger partial charge in [-0.25, -0.2) is 4.98 Å². The highest BCUT2D eigenvalue weighted by Crippen LogP contribution is 2.34. The average Bonchev–Trinajstić information content (AvgIpc) is 3.17. The Kier molecular flexibility index (Phi) is 4.82. The number of aryl methyl sites for hydroxylation is 1. The summed E-state index contributed by atoms with van der Waals surface area (Å²) in [5.74, 6) is -0.0630. The topological polar surface area (TPSA) is 55.2 Å². The number of likely N-dealkylation sites (N-methyl/N-ethyl adjacent to an activating group) is 1. The minimum absolute atomic E-state index is 0.0300. The van der Waals surface area contributed by atoms with Crippen LogP contribution in [0.15, 0.2) is 28.6 Å². The zero-order chi connectivity index (χ0) is 17.3. The summed E-state index contributed by atoms with van der Waals surface area (Å²) >= 11 is 3.12. The van der Waals surface area contributed by atoms with E-state index in [1.54, 1.807) is 16.2 Å². The third-order valence-corrected chi connectivity index (χ3v) is 5.91. The van der Waals surface area contributed by atoms with Crippen molar-refractivity contribution < 1.29 is 4.79 Å². The quantitative estimate of drug-likeness (QED) is 0.700. The first-order chi connectivity index (χ1) is 11.5. The zero-order valence-corrected chi connectivity index (χ0v) is 15.5. The molecule has 1 amide bonds. The maximum Gasteiger partial charge on any atom is 0.263 e. The summed E-state index contributed by atoms with van der Waals surface area (Å²) in [5.41, 5.74) is 0.762. The van der Waals surface area contributed by atoms with Crippen molar-refractivity contribution in [1.82, 2.24) is 14.5 Å². The van der Waals surface area contributed by atoms with E-state index in [1.165, 1.54) is 27.1 Å². The maximum absolute atomic E-state index is 12.9. The second-order valence-electron chi connectivity index (χ2n) is 5.48. The summed E-state index contributed by atoms with van der Waals surface area (Å²) in [6, 6.07) is 4.07. The van der Waals surface area contributed by atoms with Gasteiger partial charge in [0.25, 0.3) is 5.56 Å². The predicted octanol–water partition coefficient (Wildman–Crippen LogP) is 3.36. The first-order valence-corrected chi connectivity index (χ1v) is 9.56. The molecule has 0 unspecified atom stereocenters. The van der Waals surface area contributed by atoms with Crippen molar-refractivity contribution in [3.63, 3.8) is 0 Å². The molecule has 24 heavy (non-hydrogen) atoms. The average molecular weight is 361 g/mol. The van der Waals surface area contributed by atoms with Crippen molar-refractivity contribution >= 4 is 38.8 Å². The molecule has 0 aliphatic heterocycles. The zero-order valence-electron chi connectivity index (χ0n) is 13.9. The fourth-order valence-corrected chi connectivity index (χ4v) is 4.52. The summed E-state index contributed by atoms with van der Waals surface area (Å²) in [5, 5.41) is 2.58. The molecule has 0 aromatic carbocycles. The third kappa shape index (κ3) is 3.01. The lowest BCUT2D eigenvalue weighted by molar-refractivity contribution is -0.131. The van der Waals surface area contributed by atoms with E-state index in [0.29, 0.717) is 23.3 Å². The molecule has 0 saturated carbocycles. The molecule has 0 aliphatic rings. The highest BCUT2D eigenvalue weighted by Gasteiger charge is 2.17. The van der Waals surface area contributed by atoms with E-state index < -0.39 is 0 Å². The van der Waals surface area contributed by atoms with Crippen molar-refractivity contribution in [3.8, 4) is 10.4 Å². The van der Waals surface area contributed by atoms with Gasteiger partial charge < -0.3 is 4.90 Å². The van der Waals surface area contributed by atoms with Gasteiger partial charge in [-0.15, -0.1) is 22.7 Å². The van der Waals surface area contributed by atoms with Crippen LogP contribution in [-0.2, 0) is 11.3 Å². The number of aromatic nitrogens is 2. The van der Waals surface area contributed by atoms with Crippen LogP contribution in [0.5, 0.6) is 0 Å². The van der Waals surface area contributed by atoms with Gasteiger partial charge in [-0.05, 0) is 32.9 Å². The van der Waals surface area contributed by atoms with Gasteiger partial charge in [-0.1, -0.05) is 0 Å². The van der Waals surface area contributed by atoms with Gasteiger partial charge in [-0.3, -0.25) is 14.2 Å². The molecule has 0 aliphatic carbocycles. The van der Waals surface area contributed by atoms with Crippen molar-refractivity contribution in [2.75, 3.05) is 13.1 Å². The van der Waals surface area contributed by atoms with Gasteiger partial charge in [0.15, 0.2) is 0 Å². The first-order valence-electron chi connectivity index (χ1n) is 7.86. The van der Waals surface area contributed by atoms with Gasteiger partial charge in [-0.2, -0.15) is 0 Å². The minimum atomic E-state index is -0.150. The Morgan fingerprint density at radius 1 is 1.29 bits per heavy atom. The molecule has 0 spiro atoms. The molecular weight excluding hydrogens is 342 g/mol. The molecule has 3 aromatic heterocycles. The number of thiophene rings is 2. The second-order valence-corrected chi connectivity index (χ2v) is 7.63. The maximum atomic E-state index is 12.9. The van der Waals surface area contributed by atoms with Crippen LogP contribution in [0.3, 0.4) is 0 Å². The molecule has 5 nitrogen and oxygen atoms in total. The van der Waals surface area contributed by atoms with Crippen LogP contribution < -0.4 is 5.56 Å². The molecule has 0 bridgehead atoms. The summed E-state index contributed by atoms with van der Waals surface area (Å²) in [7, 11) is 0. The lowest BCUT2D eigenvalue weighted by Crippen LogP contribution is -2.36. The van der Waals surface area contributed by atoms with Crippen LogP contribution in [0, 0.1) is 6.92 Å². The van der Waals surface area contributed by atoms with Gasteiger partial charge in [0.05, 0.1) is 11.7 Å². The predicted molar refractivity (Wildman–Crippen MR) is 99.9 cm³/mol. The smallest absolute Gasteiger partial charge is 0.263 e. The molecule has 0 N–H and O–H groups in total. The number of hydrogen-bond donors (Lipinski definition) is 0. The minimum Gasteiger partial charge on any atom is -0.342 e. The number of amides is 1. The molecule has 3 aromatic rings. The van der Waals surface area contributed by atoms with E-state index in [0.717, 1.165) is 10.4 Å². The Morgan fingerprint density at radius 2 is 2.04 bits per heavy atom.